The van der Waals surface area contributed by atoms with Gasteiger partial charge in [-0.3, -0.25) is 9.58 Å². The average Bonchev–Trinajstić information content (AvgIpc) is 3.00. The topological polar surface area (TPSA) is 53.8 Å². The Balaban J connectivity index is 1.89. The molecule has 1 aliphatic heterocycles. The Morgan fingerprint density at radius 1 is 1.41 bits per heavy atom. The number of ether oxygens (including phenoxy) is 1. The predicted molar refractivity (Wildman–Crippen MR) is 86.7 cm³/mol. The van der Waals surface area contributed by atoms with Crippen molar-refractivity contribution in [1.29, 1.82) is 0 Å². The van der Waals surface area contributed by atoms with Crippen molar-refractivity contribution < 1.29 is 9.84 Å². The molecule has 0 unspecified atom stereocenters. The number of likely N-dealkylation sites (tertiary alicyclic amines) is 1. The second kappa shape index (κ2) is 8.06. The van der Waals surface area contributed by atoms with Crippen molar-refractivity contribution >= 4 is 0 Å². The van der Waals surface area contributed by atoms with E-state index in [1.807, 2.05) is 11.7 Å². The van der Waals surface area contributed by atoms with Crippen molar-refractivity contribution in [2.24, 2.45) is 18.9 Å². The van der Waals surface area contributed by atoms with E-state index in [0.717, 1.165) is 45.0 Å². The molecule has 1 aliphatic rings. The molecule has 0 radical (unpaired) electrons. The van der Waals surface area contributed by atoms with Crippen LogP contribution in [0.1, 0.15) is 11.3 Å². The highest BCUT2D eigenvalue weighted by Crippen LogP contribution is 2.25. The summed E-state index contributed by atoms with van der Waals surface area (Å²) in [5, 5.41) is 14.1. The van der Waals surface area contributed by atoms with Gasteiger partial charge in [0, 0.05) is 65.2 Å². The van der Waals surface area contributed by atoms with Crippen LogP contribution in [0.25, 0.3) is 0 Å². The van der Waals surface area contributed by atoms with Gasteiger partial charge >= 0.3 is 0 Å². The molecule has 1 fully saturated rings. The molecule has 2 rings (SSSR count). The number of aliphatic hydroxyl groups is 1. The van der Waals surface area contributed by atoms with E-state index in [1.165, 1.54) is 5.56 Å². The fourth-order valence-electron chi connectivity index (χ4n) is 3.36. The summed E-state index contributed by atoms with van der Waals surface area (Å²) < 4.78 is 7.01. The third-order valence-corrected chi connectivity index (χ3v) is 4.62. The van der Waals surface area contributed by atoms with E-state index >= 15 is 0 Å². The van der Waals surface area contributed by atoms with Gasteiger partial charge in [0.25, 0.3) is 0 Å². The SMILES string of the molecule is COCCN(C)C[C@@H]1CN(Cc2cn(C)nc2C)C[C@@H]1CO. The molecule has 1 N–H and O–H groups in total. The van der Waals surface area contributed by atoms with Crippen LogP contribution in [0.2, 0.25) is 0 Å². The summed E-state index contributed by atoms with van der Waals surface area (Å²) in [7, 11) is 5.82. The highest BCUT2D eigenvalue weighted by atomic mass is 16.5. The lowest BCUT2D eigenvalue weighted by Gasteiger charge is -2.23. The van der Waals surface area contributed by atoms with Crippen LogP contribution in [0.3, 0.4) is 0 Å². The molecule has 2 heterocycles. The minimum absolute atomic E-state index is 0.269. The fourth-order valence-corrected chi connectivity index (χ4v) is 3.36. The van der Waals surface area contributed by atoms with Crippen LogP contribution in [0.15, 0.2) is 6.20 Å². The van der Waals surface area contributed by atoms with Crippen molar-refractivity contribution in [3.8, 4) is 0 Å². The van der Waals surface area contributed by atoms with Crippen LogP contribution < -0.4 is 0 Å². The first kappa shape index (κ1) is 17.4. The summed E-state index contributed by atoms with van der Waals surface area (Å²) in [6, 6.07) is 0. The van der Waals surface area contributed by atoms with Crippen molar-refractivity contribution in [3.63, 3.8) is 0 Å². The Kier molecular flexibility index (Phi) is 6.37. The Morgan fingerprint density at radius 3 is 2.73 bits per heavy atom. The maximum absolute atomic E-state index is 9.68. The zero-order valence-electron chi connectivity index (χ0n) is 14.3. The minimum Gasteiger partial charge on any atom is -0.396 e. The average molecular weight is 310 g/mol. The molecule has 0 amide bonds. The number of nitrogens with zero attached hydrogens (tertiary/aromatic N) is 4. The molecule has 2 atom stereocenters. The third-order valence-electron chi connectivity index (χ3n) is 4.62. The van der Waals surface area contributed by atoms with Gasteiger partial charge in [0.15, 0.2) is 0 Å². The molecule has 1 aromatic heterocycles. The molecule has 126 valence electrons. The molecule has 6 heteroatoms. The highest BCUT2D eigenvalue weighted by Gasteiger charge is 2.33. The normalized spacial score (nSPS) is 22.8. The molecule has 0 aromatic carbocycles. The number of hydrogen-bond donors (Lipinski definition) is 1. The Hall–Kier alpha value is -0.950. The summed E-state index contributed by atoms with van der Waals surface area (Å²) in [6.07, 6.45) is 2.10. The van der Waals surface area contributed by atoms with E-state index in [-0.39, 0.29) is 6.61 Å². The van der Waals surface area contributed by atoms with Gasteiger partial charge in [-0.25, -0.2) is 0 Å². The van der Waals surface area contributed by atoms with Crippen molar-refractivity contribution in [1.82, 2.24) is 19.6 Å². The van der Waals surface area contributed by atoms with Crippen LogP contribution in [0.5, 0.6) is 0 Å². The van der Waals surface area contributed by atoms with Gasteiger partial charge in [-0.05, 0) is 25.8 Å². The maximum Gasteiger partial charge on any atom is 0.0638 e. The van der Waals surface area contributed by atoms with Gasteiger partial charge in [-0.1, -0.05) is 0 Å². The number of aromatic nitrogens is 2. The van der Waals surface area contributed by atoms with E-state index < -0.39 is 0 Å². The molecule has 0 saturated carbocycles. The van der Waals surface area contributed by atoms with Crippen LogP contribution in [-0.4, -0.2) is 78.2 Å². The van der Waals surface area contributed by atoms with E-state index in [0.29, 0.717) is 11.8 Å². The first-order valence-corrected chi connectivity index (χ1v) is 8.03. The van der Waals surface area contributed by atoms with Crippen LogP contribution >= 0.6 is 0 Å². The monoisotopic (exact) mass is 310 g/mol. The van der Waals surface area contributed by atoms with Crippen molar-refractivity contribution in [2.75, 3.05) is 53.6 Å². The summed E-state index contributed by atoms with van der Waals surface area (Å²) in [5.74, 6) is 0.880. The molecule has 6 nitrogen and oxygen atoms in total. The van der Waals surface area contributed by atoms with Gasteiger partial charge in [0.05, 0.1) is 12.3 Å². The maximum atomic E-state index is 9.68. The van der Waals surface area contributed by atoms with Gasteiger partial charge in [-0.2, -0.15) is 5.10 Å². The second-order valence-corrected chi connectivity index (χ2v) is 6.57. The molecule has 0 aliphatic carbocycles. The van der Waals surface area contributed by atoms with Crippen molar-refractivity contribution in [3.05, 3.63) is 17.5 Å². The van der Waals surface area contributed by atoms with Crippen LogP contribution in [0, 0.1) is 18.8 Å². The standard InChI is InChI=1S/C16H30N4O2/c1-13-14(8-19(3)17-13)9-20-10-15(16(11-20)12-21)7-18(2)5-6-22-4/h8,15-16,21H,5-7,9-12H2,1-4H3/t15-,16-/m1/s1. The largest absolute Gasteiger partial charge is 0.396 e. The smallest absolute Gasteiger partial charge is 0.0638 e. The molecule has 0 bridgehead atoms. The van der Waals surface area contributed by atoms with Gasteiger partial charge in [-0.15, -0.1) is 0 Å². The second-order valence-electron chi connectivity index (χ2n) is 6.57. The Labute approximate surface area is 133 Å². The van der Waals surface area contributed by atoms with Crippen LogP contribution in [0.4, 0.5) is 0 Å². The lowest BCUT2D eigenvalue weighted by Crippen LogP contribution is -2.33. The molecule has 1 saturated heterocycles. The third kappa shape index (κ3) is 4.52. The number of hydrogen-bond acceptors (Lipinski definition) is 5. The fraction of sp³-hybridized carbons (Fsp3) is 0.812. The van der Waals surface area contributed by atoms with Gasteiger partial charge in [0.1, 0.15) is 0 Å². The first-order chi connectivity index (χ1) is 10.5. The molecule has 0 spiro atoms. The number of likely N-dealkylation sites (N-methyl/N-ethyl adjacent to an activating group) is 1. The van der Waals surface area contributed by atoms with Crippen molar-refractivity contribution in [2.45, 2.75) is 13.5 Å². The van der Waals surface area contributed by atoms with E-state index in [2.05, 4.69) is 35.1 Å². The first-order valence-electron chi connectivity index (χ1n) is 8.03. The van der Waals surface area contributed by atoms with E-state index in [1.54, 1.807) is 7.11 Å². The number of aryl methyl sites for hydroxylation is 2. The zero-order valence-corrected chi connectivity index (χ0v) is 14.3. The van der Waals surface area contributed by atoms with Crippen LogP contribution in [-0.2, 0) is 18.3 Å². The molecule has 1 aromatic rings. The Morgan fingerprint density at radius 2 is 2.14 bits per heavy atom. The number of methoxy groups -OCH3 is 1. The molecular formula is C16H30N4O2. The highest BCUT2D eigenvalue weighted by molar-refractivity contribution is 5.15. The number of rotatable bonds is 8. The summed E-state index contributed by atoms with van der Waals surface area (Å²) in [4.78, 5) is 4.75. The number of aliphatic hydroxyl groups excluding tert-OH is 1. The summed E-state index contributed by atoms with van der Waals surface area (Å²) >= 11 is 0. The summed E-state index contributed by atoms with van der Waals surface area (Å²) in [5.41, 5.74) is 2.39. The zero-order chi connectivity index (χ0) is 16.1. The summed E-state index contributed by atoms with van der Waals surface area (Å²) in [6.45, 7) is 7.96. The Bertz CT molecular complexity index is 463. The molecular weight excluding hydrogens is 280 g/mol. The lowest BCUT2D eigenvalue weighted by molar-refractivity contribution is 0.136. The van der Waals surface area contributed by atoms with Gasteiger partial charge in [0.2, 0.25) is 0 Å². The van der Waals surface area contributed by atoms with E-state index in [9.17, 15) is 5.11 Å². The van der Waals surface area contributed by atoms with E-state index in [4.69, 9.17) is 4.74 Å². The predicted octanol–water partition coefficient (Wildman–Crippen LogP) is 0.347. The minimum atomic E-state index is 0.269. The molecule has 22 heavy (non-hydrogen) atoms. The van der Waals surface area contributed by atoms with Gasteiger partial charge < -0.3 is 14.7 Å². The quantitative estimate of drug-likeness (QED) is 0.751. The lowest BCUT2D eigenvalue weighted by atomic mass is 9.96.